The number of nitrogens with one attached hydrogen (secondary N) is 1. The Hall–Kier alpha value is -2.65. The van der Waals surface area contributed by atoms with Gasteiger partial charge in [0.15, 0.2) is 0 Å². The number of aromatic nitrogens is 4. The maximum atomic E-state index is 12.7. The first-order chi connectivity index (χ1) is 15.2. The molecule has 0 bridgehead atoms. The monoisotopic (exact) mass is 438 g/mol. The lowest BCUT2D eigenvalue weighted by Gasteiger charge is -2.35. The summed E-state index contributed by atoms with van der Waals surface area (Å²) in [5.74, 6) is -0.0862. The number of fused-ring (bicyclic) bond motifs is 2. The molecule has 1 unspecified atom stereocenters. The zero-order chi connectivity index (χ0) is 21.2. The predicted octanol–water partition coefficient (Wildman–Crippen LogP) is 2.02. The van der Waals surface area contributed by atoms with Crippen molar-refractivity contribution in [2.75, 3.05) is 19.6 Å². The number of rotatable bonds is 6. The van der Waals surface area contributed by atoms with Crippen molar-refractivity contribution in [2.45, 2.75) is 51.1 Å². The molecule has 5 rings (SSSR count). The van der Waals surface area contributed by atoms with E-state index in [9.17, 15) is 9.59 Å². The number of likely N-dealkylation sites (tertiary alicyclic amines) is 1. The number of carbonyl (C=O) groups is 1. The molecule has 1 aliphatic heterocycles. The minimum Gasteiger partial charge on any atom is -0.350 e. The van der Waals surface area contributed by atoms with Gasteiger partial charge in [-0.2, -0.15) is 13.8 Å². The predicted molar refractivity (Wildman–Crippen MR) is 119 cm³/mol. The molecule has 3 heterocycles. The van der Waals surface area contributed by atoms with Crippen LogP contribution in [0.4, 0.5) is 0 Å². The van der Waals surface area contributed by atoms with E-state index >= 15 is 0 Å². The lowest BCUT2D eigenvalue weighted by molar-refractivity contribution is 0.0909. The normalized spacial score (nSPS) is 18.9. The van der Waals surface area contributed by atoms with Gasteiger partial charge in [0.2, 0.25) is 0 Å². The molecule has 1 atom stereocenters. The van der Waals surface area contributed by atoms with E-state index in [-0.39, 0.29) is 17.5 Å². The zero-order valence-corrected chi connectivity index (χ0v) is 18.2. The largest absolute Gasteiger partial charge is 0.350 e. The molecule has 2 aliphatic rings. The molecular formula is C22H26N6O2S. The van der Waals surface area contributed by atoms with Crippen LogP contribution < -0.4 is 10.9 Å². The van der Waals surface area contributed by atoms with E-state index in [1.165, 1.54) is 0 Å². The van der Waals surface area contributed by atoms with Crippen LogP contribution in [0.25, 0.3) is 11.0 Å². The Bertz CT molecular complexity index is 1160. The Labute approximate surface area is 184 Å². The van der Waals surface area contributed by atoms with Crippen LogP contribution >= 0.6 is 11.7 Å². The Morgan fingerprint density at radius 3 is 2.94 bits per heavy atom. The van der Waals surface area contributed by atoms with E-state index < -0.39 is 0 Å². The van der Waals surface area contributed by atoms with Crippen molar-refractivity contribution in [1.82, 2.24) is 28.7 Å². The van der Waals surface area contributed by atoms with Gasteiger partial charge in [0.25, 0.3) is 11.5 Å². The minimum atomic E-state index is -0.0862. The molecule has 1 aromatic carbocycles. The molecule has 3 aromatic rings. The van der Waals surface area contributed by atoms with Crippen LogP contribution in [0.5, 0.6) is 0 Å². The molecule has 162 valence electrons. The van der Waals surface area contributed by atoms with E-state index in [0.717, 1.165) is 85.6 Å². The number of hydrogen-bond donors (Lipinski definition) is 1. The van der Waals surface area contributed by atoms with Crippen molar-refractivity contribution in [3.8, 4) is 0 Å². The van der Waals surface area contributed by atoms with Crippen LogP contribution in [0.3, 0.4) is 0 Å². The lowest BCUT2D eigenvalue weighted by atomic mass is 10.0. The summed E-state index contributed by atoms with van der Waals surface area (Å²) in [4.78, 5) is 27.4. The van der Waals surface area contributed by atoms with Crippen LogP contribution in [0.15, 0.2) is 29.1 Å². The molecule has 1 aliphatic carbocycles. The van der Waals surface area contributed by atoms with Gasteiger partial charge < -0.3 is 5.32 Å². The smallest absolute Gasteiger partial charge is 0.267 e. The van der Waals surface area contributed by atoms with E-state index in [0.29, 0.717) is 18.7 Å². The zero-order valence-electron chi connectivity index (χ0n) is 17.4. The molecule has 1 fully saturated rings. The standard InChI is InChI=1S/C22H26N6O2S/c29-21-13-15-4-3-6-18(15)24-28(21)11-10-27-9-2-1-5-17(27)14-23-22(30)16-7-8-19-20(12-16)26-31-25-19/h7-8,12-13,17H,1-6,9-11,14H2,(H,23,30). The van der Waals surface area contributed by atoms with Gasteiger partial charge in [-0.15, -0.1) is 0 Å². The second-order valence-corrected chi connectivity index (χ2v) is 8.92. The Morgan fingerprint density at radius 1 is 1.10 bits per heavy atom. The fourth-order valence-electron chi connectivity index (χ4n) is 4.64. The minimum absolute atomic E-state index is 0.00515. The second-order valence-electron chi connectivity index (χ2n) is 8.39. The van der Waals surface area contributed by atoms with Crippen molar-refractivity contribution < 1.29 is 4.79 Å². The molecule has 8 nitrogen and oxygen atoms in total. The number of carbonyl (C=O) groups excluding carboxylic acids is 1. The number of nitrogens with zero attached hydrogens (tertiary/aromatic N) is 5. The molecule has 0 spiro atoms. The summed E-state index contributed by atoms with van der Waals surface area (Å²) in [5.41, 5.74) is 4.37. The van der Waals surface area contributed by atoms with Gasteiger partial charge >= 0.3 is 0 Å². The van der Waals surface area contributed by atoms with Gasteiger partial charge in [0.05, 0.1) is 24.0 Å². The number of hydrogen-bond acceptors (Lipinski definition) is 7. The molecule has 1 N–H and O–H groups in total. The van der Waals surface area contributed by atoms with Gasteiger partial charge in [0.1, 0.15) is 11.0 Å². The van der Waals surface area contributed by atoms with Gasteiger partial charge in [0, 0.05) is 30.8 Å². The summed E-state index contributed by atoms with van der Waals surface area (Å²) < 4.78 is 10.0. The highest BCUT2D eigenvalue weighted by molar-refractivity contribution is 7.00. The number of amides is 1. The summed E-state index contributed by atoms with van der Waals surface area (Å²) in [7, 11) is 0. The van der Waals surface area contributed by atoms with Crippen molar-refractivity contribution in [3.05, 3.63) is 51.4 Å². The highest BCUT2D eigenvalue weighted by Crippen LogP contribution is 2.19. The lowest BCUT2D eigenvalue weighted by Crippen LogP contribution is -2.48. The van der Waals surface area contributed by atoms with Crippen LogP contribution in [-0.2, 0) is 19.4 Å². The Balaban J connectivity index is 1.20. The van der Waals surface area contributed by atoms with Gasteiger partial charge in [-0.3, -0.25) is 14.5 Å². The summed E-state index contributed by atoms with van der Waals surface area (Å²) in [6.07, 6.45) is 6.37. The maximum absolute atomic E-state index is 12.7. The molecule has 9 heteroatoms. The molecule has 31 heavy (non-hydrogen) atoms. The molecule has 0 saturated carbocycles. The summed E-state index contributed by atoms with van der Waals surface area (Å²) in [6, 6.07) is 7.45. The van der Waals surface area contributed by atoms with Gasteiger partial charge in [-0.05, 0) is 62.4 Å². The quantitative estimate of drug-likeness (QED) is 0.633. The summed E-state index contributed by atoms with van der Waals surface area (Å²) in [5, 5.41) is 7.68. The first-order valence-corrected chi connectivity index (χ1v) is 11.7. The van der Waals surface area contributed by atoms with Crippen molar-refractivity contribution >= 4 is 28.7 Å². The fourth-order valence-corrected chi connectivity index (χ4v) is 5.16. The highest BCUT2D eigenvalue weighted by atomic mass is 32.1. The number of benzene rings is 1. The SMILES string of the molecule is O=C(NCC1CCCCN1CCn1nc2c(cc1=O)CCC2)c1ccc2nsnc2c1. The molecule has 2 aromatic heterocycles. The Morgan fingerprint density at radius 2 is 2.00 bits per heavy atom. The third kappa shape index (κ3) is 4.38. The first kappa shape index (κ1) is 20.3. The van der Waals surface area contributed by atoms with Crippen molar-refractivity contribution in [1.29, 1.82) is 0 Å². The van der Waals surface area contributed by atoms with Crippen LogP contribution in [0, 0.1) is 0 Å². The number of piperidine rings is 1. The Kier molecular flexibility index (Phi) is 5.78. The summed E-state index contributed by atoms with van der Waals surface area (Å²) in [6.45, 7) is 2.93. The van der Waals surface area contributed by atoms with E-state index in [1.807, 2.05) is 6.07 Å². The van der Waals surface area contributed by atoms with E-state index in [1.54, 1.807) is 22.9 Å². The molecule has 0 radical (unpaired) electrons. The van der Waals surface area contributed by atoms with Crippen molar-refractivity contribution in [3.63, 3.8) is 0 Å². The summed E-state index contributed by atoms with van der Waals surface area (Å²) >= 11 is 1.15. The number of aryl methyl sites for hydroxylation is 2. The van der Waals surface area contributed by atoms with Crippen LogP contribution in [-0.4, -0.2) is 55.0 Å². The van der Waals surface area contributed by atoms with E-state index in [4.69, 9.17) is 0 Å². The van der Waals surface area contributed by atoms with Gasteiger partial charge in [-0.1, -0.05) is 6.42 Å². The fraction of sp³-hybridized carbons (Fsp3) is 0.500. The molecule has 1 saturated heterocycles. The highest BCUT2D eigenvalue weighted by Gasteiger charge is 2.23. The average molecular weight is 439 g/mol. The van der Waals surface area contributed by atoms with Crippen molar-refractivity contribution in [2.24, 2.45) is 0 Å². The van der Waals surface area contributed by atoms with Crippen LogP contribution in [0.1, 0.15) is 47.3 Å². The third-order valence-electron chi connectivity index (χ3n) is 6.39. The second kappa shape index (κ2) is 8.84. The van der Waals surface area contributed by atoms with Crippen LogP contribution in [0.2, 0.25) is 0 Å². The average Bonchev–Trinajstić information content (AvgIpc) is 3.44. The molecule has 1 amide bonds. The molecular weight excluding hydrogens is 412 g/mol. The maximum Gasteiger partial charge on any atom is 0.267 e. The first-order valence-electron chi connectivity index (χ1n) is 11.0. The third-order valence-corrected chi connectivity index (χ3v) is 6.94. The van der Waals surface area contributed by atoms with Gasteiger partial charge in [-0.25, -0.2) is 4.68 Å². The topological polar surface area (TPSA) is 93.0 Å². The van der Waals surface area contributed by atoms with E-state index in [2.05, 4.69) is 24.1 Å².